The monoisotopic (exact) mass is 380 g/mol. The third kappa shape index (κ3) is 3.83. The Kier molecular flexibility index (Phi) is 5.23. The molecule has 7 nitrogen and oxygen atoms in total. The maximum Gasteiger partial charge on any atom is 0.267 e. The second-order valence-corrected chi connectivity index (χ2v) is 7.51. The number of benzene rings is 1. The highest BCUT2D eigenvalue weighted by Crippen LogP contribution is 2.24. The smallest absolute Gasteiger partial charge is 0.267 e. The standard InChI is InChI=1S/C21H24N4O3/c1-14-8-10-15(11-9-14)19-18-20(28-24-19)22-13-25(21(18)27)12-17(26)23-16-6-4-2-3-5-7-16/h8-11,13,16H,2-7,12H2,1H3,(H,23,26). The summed E-state index contributed by atoms with van der Waals surface area (Å²) in [4.78, 5) is 29.6. The molecule has 3 aromatic rings. The van der Waals surface area contributed by atoms with Crippen LogP contribution in [0.15, 0.2) is 39.9 Å². The average molecular weight is 380 g/mol. The van der Waals surface area contributed by atoms with Gasteiger partial charge in [-0.25, -0.2) is 4.98 Å². The molecular formula is C21H24N4O3. The number of carbonyl (C=O) groups excluding carboxylic acids is 1. The van der Waals surface area contributed by atoms with Gasteiger partial charge in [-0.1, -0.05) is 60.7 Å². The summed E-state index contributed by atoms with van der Waals surface area (Å²) in [5.41, 5.74) is 2.20. The Bertz CT molecular complexity index is 1030. The fourth-order valence-corrected chi connectivity index (χ4v) is 3.75. The average Bonchev–Trinajstić information content (AvgIpc) is 2.95. The number of nitrogens with one attached hydrogen (secondary N) is 1. The van der Waals surface area contributed by atoms with Crippen LogP contribution in [-0.2, 0) is 11.3 Å². The summed E-state index contributed by atoms with van der Waals surface area (Å²) in [6, 6.07) is 7.88. The van der Waals surface area contributed by atoms with Crippen molar-refractivity contribution < 1.29 is 9.32 Å². The summed E-state index contributed by atoms with van der Waals surface area (Å²) in [6.07, 6.45) is 8.07. The summed E-state index contributed by atoms with van der Waals surface area (Å²) in [5, 5.41) is 7.39. The summed E-state index contributed by atoms with van der Waals surface area (Å²) >= 11 is 0. The second kappa shape index (κ2) is 7.96. The van der Waals surface area contributed by atoms with Crippen molar-refractivity contribution in [3.8, 4) is 11.3 Å². The minimum Gasteiger partial charge on any atom is -0.352 e. The van der Waals surface area contributed by atoms with E-state index in [1.807, 2.05) is 31.2 Å². The fourth-order valence-electron chi connectivity index (χ4n) is 3.75. The van der Waals surface area contributed by atoms with Crippen molar-refractivity contribution in [1.29, 1.82) is 0 Å². The number of aromatic nitrogens is 3. The van der Waals surface area contributed by atoms with Gasteiger partial charge in [-0.3, -0.25) is 14.2 Å². The largest absolute Gasteiger partial charge is 0.352 e. The van der Waals surface area contributed by atoms with Crippen LogP contribution in [-0.4, -0.2) is 26.7 Å². The number of carbonyl (C=O) groups is 1. The lowest BCUT2D eigenvalue weighted by Gasteiger charge is -2.16. The fraction of sp³-hybridized carbons (Fsp3) is 0.429. The van der Waals surface area contributed by atoms with Crippen LogP contribution in [0.4, 0.5) is 0 Å². The van der Waals surface area contributed by atoms with Crippen LogP contribution >= 0.6 is 0 Å². The summed E-state index contributed by atoms with van der Waals surface area (Å²) in [7, 11) is 0. The Hall–Kier alpha value is -2.96. The molecule has 1 aromatic carbocycles. The zero-order chi connectivity index (χ0) is 19.5. The predicted octanol–water partition coefficient (Wildman–Crippen LogP) is 3.20. The number of fused-ring (bicyclic) bond motifs is 1. The molecule has 1 amide bonds. The van der Waals surface area contributed by atoms with Crippen LogP contribution in [0.25, 0.3) is 22.4 Å². The first kappa shape index (κ1) is 18.4. The number of rotatable bonds is 4. The van der Waals surface area contributed by atoms with Gasteiger partial charge in [-0.2, -0.15) is 0 Å². The normalized spacial score (nSPS) is 15.5. The van der Waals surface area contributed by atoms with Gasteiger partial charge in [0.1, 0.15) is 24.0 Å². The zero-order valence-electron chi connectivity index (χ0n) is 16.0. The first-order valence-electron chi connectivity index (χ1n) is 9.83. The molecule has 0 unspecified atom stereocenters. The van der Waals surface area contributed by atoms with Gasteiger partial charge in [-0.05, 0) is 19.8 Å². The van der Waals surface area contributed by atoms with Crippen molar-refractivity contribution in [3.63, 3.8) is 0 Å². The number of nitrogens with zero attached hydrogens (tertiary/aromatic N) is 3. The highest BCUT2D eigenvalue weighted by atomic mass is 16.5. The van der Waals surface area contributed by atoms with Crippen molar-refractivity contribution in [2.24, 2.45) is 0 Å². The molecule has 146 valence electrons. The molecule has 0 radical (unpaired) electrons. The third-order valence-corrected chi connectivity index (χ3v) is 5.32. The SMILES string of the molecule is Cc1ccc(-c2noc3ncn(CC(=O)NC4CCCCCC4)c(=O)c23)cc1. The molecule has 0 saturated heterocycles. The molecule has 4 rings (SSSR count). The summed E-state index contributed by atoms with van der Waals surface area (Å²) < 4.78 is 6.56. The summed E-state index contributed by atoms with van der Waals surface area (Å²) in [5.74, 6) is -0.163. The Balaban J connectivity index is 1.58. The lowest BCUT2D eigenvalue weighted by atomic mass is 10.1. The lowest BCUT2D eigenvalue weighted by Crippen LogP contribution is -2.38. The van der Waals surface area contributed by atoms with Crippen LogP contribution in [0.5, 0.6) is 0 Å². The lowest BCUT2D eigenvalue weighted by molar-refractivity contribution is -0.122. The third-order valence-electron chi connectivity index (χ3n) is 5.32. The molecule has 2 heterocycles. The Morgan fingerprint density at radius 3 is 2.61 bits per heavy atom. The molecule has 7 heteroatoms. The number of amides is 1. The van der Waals surface area contributed by atoms with Gasteiger partial charge in [0, 0.05) is 11.6 Å². The zero-order valence-corrected chi connectivity index (χ0v) is 16.0. The van der Waals surface area contributed by atoms with Gasteiger partial charge < -0.3 is 9.84 Å². The Labute approximate surface area is 162 Å². The van der Waals surface area contributed by atoms with Crippen LogP contribution in [0.2, 0.25) is 0 Å². The van der Waals surface area contributed by atoms with Crippen LogP contribution in [0.3, 0.4) is 0 Å². The van der Waals surface area contributed by atoms with Gasteiger partial charge in [0.05, 0.1) is 0 Å². The van der Waals surface area contributed by atoms with Gasteiger partial charge in [0.25, 0.3) is 11.3 Å². The van der Waals surface area contributed by atoms with E-state index in [0.29, 0.717) is 11.1 Å². The van der Waals surface area contributed by atoms with E-state index < -0.39 is 0 Å². The summed E-state index contributed by atoms with van der Waals surface area (Å²) in [6.45, 7) is 1.93. The maximum absolute atomic E-state index is 13.0. The minimum atomic E-state index is -0.321. The highest BCUT2D eigenvalue weighted by molar-refractivity contribution is 5.88. The van der Waals surface area contributed by atoms with E-state index in [0.717, 1.165) is 36.8 Å². The number of aryl methyl sites for hydroxylation is 1. The van der Waals surface area contributed by atoms with Gasteiger partial charge in [0.15, 0.2) is 0 Å². The van der Waals surface area contributed by atoms with E-state index in [9.17, 15) is 9.59 Å². The molecule has 1 N–H and O–H groups in total. The van der Waals surface area contributed by atoms with E-state index in [1.165, 1.54) is 23.7 Å². The molecule has 0 spiro atoms. The van der Waals surface area contributed by atoms with Crippen LogP contribution in [0.1, 0.15) is 44.1 Å². The Morgan fingerprint density at radius 1 is 1.18 bits per heavy atom. The Morgan fingerprint density at radius 2 is 1.89 bits per heavy atom. The van der Waals surface area contributed by atoms with Gasteiger partial charge in [0.2, 0.25) is 5.91 Å². The molecule has 1 fully saturated rings. The molecule has 2 aromatic heterocycles. The minimum absolute atomic E-state index is 0.0587. The molecule has 1 aliphatic rings. The van der Waals surface area contributed by atoms with Crippen molar-refractivity contribution in [2.75, 3.05) is 0 Å². The quantitative estimate of drug-likeness (QED) is 0.702. The van der Waals surface area contributed by atoms with Crippen molar-refractivity contribution in [2.45, 2.75) is 58.0 Å². The first-order valence-corrected chi connectivity index (χ1v) is 9.83. The molecule has 0 bridgehead atoms. The molecular weight excluding hydrogens is 356 g/mol. The predicted molar refractivity (Wildman–Crippen MR) is 106 cm³/mol. The molecule has 0 atom stereocenters. The van der Waals surface area contributed by atoms with Crippen molar-refractivity contribution in [1.82, 2.24) is 20.0 Å². The molecule has 1 saturated carbocycles. The van der Waals surface area contributed by atoms with Crippen LogP contribution < -0.4 is 10.9 Å². The van der Waals surface area contributed by atoms with E-state index in [4.69, 9.17) is 4.52 Å². The van der Waals surface area contributed by atoms with E-state index in [2.05, 4.69) is 15.5 Å². The van der Waals surface area contributed by atoms with Crippen molar-refractivity contribution in [3.05, 3.63) is 46.5 Å². The molecule has 1 aliphatic carbocycles. The number of hydrogen-bond acceptors (Lipinski definition) is 5. The molecule has 0 aliphatic heterocycles. The van der Waals surface area contributed by atoms with Crippen molar-refractivity contribution >= 4 is 17.0 Å². The van der Waals surface area contributed by atoms with E-state index >= 15 is 0 Å². The van der Waals surface area contributed by atoms with E-state index in [-0.39, 0.29) is 29.8 Å². The molecule has 28 heavy (non-hydrogen) atoms. The maximum atomic E-state index is 13.0. The van der Waals surface area contributed by atoms with Crippen LogP contribution in [0, 0.1) is 6.92 Å². The number of hydrogen-bond donors (Lipinski definition) is 1. The second-order valence-electron chi connectivity index (χ2n) is 7.51. The van der Waals surface area contributed by atoms with Gasteiger partial charge in [-0.15, -0.1) is 0 Å². The highest BCUT2D eigenvalue weighted by Gasteiger charge is 2.19. The van der Waals surface area contributed by atoms with Gasteiger partial charge >= 0.3 is 0 Å². The van der Waals surface area contributed by atoms with E-state index in [1.54, 1.807) is 0 Å². The topological polar surface area (TPSA) is 90.0 Å². The first-order chi connectivity index (χ1) is 13.6.